The molecule has 1 aromatic carbocycles. The van der Waals surface area contributed by atoms with Gasteiger partial charge in [0.1, 0.15) is 0 Å². The lowest BCUT2D eigenvalue weighted by atomic mass is 9.84. The van der Waals surface area contributed by atoms with E-state index in [-0.39, 0.29) is 11.9 Å². The van der Waals surface area contributed by atoms with Crippen LogP contribution < -0.4 is 0 Å². The zero-order chi connectivity index (χ0) is 16.0. The second-order valence-corrected chi connectivity index (χ2v) is 6.47. The van der Waals surface area contributed by atoms with Gasteiger partial charge in [0.15, 0.2) is 0 Å². The summed E-state index contributed by atoms with van der Waals surface area (Å²) in [5, 5.41) is 1.02. The molecule has 0 spiro atoms. The number of aromatic nitrogens is 1. The molecule has 1 N–H and O–H groups in total. The number of H-pyrrole nitrogens is 1. The number of nitrogens with one attached hydrogen (secondary N) is 1. The lowest BCUT2D eigenvalue weighted by Gasteiger charge is -2.34. The van der Waals surface area contributed by atoms with E-state index in [1.165, 1.54) is 19.2 Å². The van der Waals surface area contributed by atoms with E-state index in [2.05, 4.69) is 4.98 Å². The van der Waals surface area contributed by atoms with Gasteiger partial charge >= 0.3 is 5.97 Å². The van der Waals surface area contributed by atoms with Gasteiger partial charge in [-0.3, -0.25) is 4.79 Å². The third-order valence-electron chi connectivity index (χ3n) is 5.16. The number of amides is 1. The van der Waals surface area contributed by atoms with E-state index in [9.17, 15) is 9.59 Å². The lowest BCUT2D eigenvalue weighted by Crippen LogP contribution is -2.41. The normalized spacial score (nSPS) is 17.7. The molecule has 2 aliphatic rings. The number of esters is 1. The number of hydrogen-bond acceptors (Lipinski definition) is 3. The maximum atomic E-state index is 12.5. The van der Waals surface area contributed by atoms with Crippen molar-refractivity contribution in [3.05, 3.63) is 35.0 Å². The summed E-state index contributed by atoms with van der Waals surface area (Å²) in [6, 6.07) is 5.55. The largest absolute Gasteiger partial charge is 0.465 e. The van der Waals surface area contributed by atoms with Gasteiger partial charge in [-0.05, 0) is 31.0 Å². The molecule has 0 unspecified atom stereocenters. The van der Waals surface area contributed by atoms with Crippen molar-refractivity contribution in [2.24, 2.45) is 5.92 Å². The number of carbonyl (C=O) groups excluding carboxylic acids is 2. The van der Waals surface area contributed by atoms with E-state index in [1.54, 1.807) is 6.07 Å². The Morgan fingerprint density at radius 1 is 1.30 bits per heavy atom. The van der Waals surface area contributed by atoms with Gasteiger partial charge in [0.2, 0.25) is 5.91 Å². The topological polar surface area (TPSA) is 62.4 Å². The number of hydrogen-bond donors (Lipinski definition) is 1. The van der Waals surface area contributed by atoms with Gasteiger partial charge in [0, 0.05) is 47.6 Å². The summed E-state index contributed by atoms with van der Waals surface area (Å²) in [5.74, 6) is 0.188. The average Bonchev–Trinajstić information content (AvgIpc) is 2.89. The molecule has 1 fully saturated rings. The highest BCUT2D eigenvalue weighted by Crippen LogP contribution is 2.33. The van der Waals surface area contributed by atoms with Crippen LogP contribution in [0.25, 0.3) is 10.9 Å². The molecule has 5 nitrogen and oxygen atoms in total. The van der Waals surface area contributed by atoms with Crippen molar-refractivity contribution in [1.82, 2.24) is 9.88 Å². The number of benzene rings is 1. The van der Waals surface area contributed by atoms with Crippen molar-refractivity contribution >= 4 is 22.8 Å². The quantitative estimate of drug-likeness (QED) is 0.867. The maximum Gasteiger partial charge on any atom is 0.337 e. The van der Waals surface area contributed by atoms with E-state index >= 15 is 0 Å². The zero-order valence-corrected chi connectivity index (χ0v) is 13.2. The number of rotatable bonds is 2. The first-order chi connectivity index (χ1) is 11.2. The molecule has 1 amide bonds. The SMILES string of the molecule is COC(=O)c1ccc2[nH]c3c(c2c1)CN(C(=O)C1CCC1)CC3. The number of fused-ring (bicyclic) bond motifs is 3. The van der Waals surface area contributed by atoms with E-state index in [0.29, 0.717) is 18.0 Å². The third-order valence-corrected chi connectivity index (χ3v) is 5.16. The molecular formula is C18H20N2O3. The molecule has 0 atom stereocenters. The first-order valence-electron chi connectivity index (χ1n) is 8.18. The molecule has 1 aromatic heterocycles. The summed E-state index contributed by atoms with van der Waals surface area (Å²) in [5.41, 5.74) is 3.88. The van der Waals surface area contributed by atoms with Gasteiger partial charge in [0.25, 0.3) is 0 Å². The molecule has 23 heavy (non-hydrogen) atoms. The standard InChI is InChI=1S/C18H20N2O3/c1-23-18(22)12-5-6-15-13(9-12)14-10-20(8-7-16(14)19-15)17(21)11-3-2-4-11/h5-6,9,11,19H,2-4,7-8,10H2,1H3. The van der Waals surface area contributed by atoms with Crippen molar-refractivity contribution in [2.45, 2.75) is 32.2 Å². The zero-order valence-electron chi connectivity index (χ0n) is 13.2. The van der Waals surface area contributed by atoms with E-state index in [4.69, 9.17) is 4.74 Å². The summed E-state index contributed by atoms with van der Waals surface area (Å²) in [6.07, 6.45) is 4.08. The van der Waals surface area contributed by atoms with Crippen LogP contribution in [0.15, 0.2) is 18.2 Å². The van der Waals surface area contributed by atoms with E-state index in [0.717, 1.165) is 42.3 Å². The average molecular weight is 312 g/mol. The van der Waals surface area contributed by atoms with Gasteiger partial charge in [0.05, 0.1) is 12.7 Å². The Kier molecular flexibility index (Phi) is 3.36. The van der Waals surface area contributed by atoms with Crippen LogP contribution in [0, 0.1) is 5.92 Å². The van der Waals surface area contributed by atoms with Crippen molar-refractivity contribution in [2.75, 3.05) is 13.7 Å². The van der Waals surface area contributed by atoms with Crippen LogP contribution in [0.3, 0.4) is 0 Å². The van der Waals surface area contributed by atoms with E-state index in [1.807, 2.05) is 17.0 Å². The van der Waals surface area contributed by atoms with Crippen LogP contribution in [0.4, 0.5) is 0 Å². The molecule has 2 aromatic rings. The Bertz CT molecular complexity index is 789. The summed E-state index contributed by atoms with van der Waals surface area (Å²) < 4.78 is 4.81. The second kappa shape index (κ2) is 5.41. The molecule has 1 saturated carbocycles. The molecule has 0 radical (unpaired) electrons. The highest BCUT2D eigenvalue weighted by Gasteiger charge is 2.32. The Labute approximate surface area is 134 Å². The van der Waals surface area contributed by atoms with Crippen LogP contribution >= 0.6 is 0 Å². The first kappa shape index (κ1) is 14.3. The smallest absolute Gasteiger partial charge is 0.337 e. The molecule has 0 saturated heterocycles. The highest BCUT2D eigenvalue weighted by molar-refractivity contribution is 5.96. The third kappa shape index (κ3) is 2.31. The van der Waals surface area contributed by atoms with Crippen LogP contribution in [0.2, 0.25) is 0 Å². The van der Waals surface area contributed by atoms with Gasteiger partial charge in [-0.1, -0.05) is 6.42 Å². The van der Waals surface area contributed by atoms with Crippen LogP contribution in [-0.2, 0) is 22.5 Å². The summed E-state index contributed by atoms with van der Waals surface area (Å²) >= 11 is 0. The number of nitrogens with zero attached hydrogens (tertiary/aromatic N) is 1. The van der Waals surface area contributed by atoms with Crippen molar-refractivity contribution < 1.29 is 14.3 Å². The van der Waals surface area contributed by atoms with E-state index < -0.39 is 0 Å². The predicted octanol–water partition coefficient (Wildman–Crippen LogP) is 2.64. The molecule has 0 bridgehead atoms. The van der Waals surface area contributed by atoms with Crippen LogP contribution in [-0.4, -0.2) is 35.4 Å². The van der Waals surface area contributed by atoms with Gasteiger partial charge in [-0.15, -0.1) is 0 Å². The maximum absolute atomic E-state index is 12.5. The Morgan fingerprint density at radius 3 is 2.83 bits per heavy atom. The first-order valence-corrected chi connectivity index (χ1v) is 8.18. The molecule has 1 aliphatic carbocycles. The van der Waals surface area contributed by atoms with Gasteiger partial charge in [-0.2, -0.15) is 0 Å². The fraction of sp³-hybridized carbons (Fsp3) is 0.444. The fourth-order valence-electron chi connectivity index (χ4n) is 3.56. The summed E-state index contributed by atoms with van der Waals surface area (Å²) in [4.78, 5) is 29.7. The minimum Gasteiger partial charge on any atom is -0.465 e. The number of methoxy groups -OCH3 is 1. The predicted molar refractivity (Wildman–Crippen MR) is 86.1 cm³/mol. The highest BCUT2D eigenvalue weighted by atomic mass is 16.5. The molecule has 120 valence electrons. The van der Waals surface area contributed by atoms with Gasteiger partial charge in [-0.25, -0.2) is 4.79 Å². The molecule has 1 aliphatic heterocycles. The van der Waals surface area contributed by atoms with Crippen molar-refractivity contribution in [3.63, 3.8) is 0 Å². The molecule has 4 rings (SSSR count). The Morgan fingerprint density at radius 2 is 2.13 bits per heavy atom. The van der Waals surface area contributed by atoms with Crippen molar-refractivity contribution in [1.29, 1.82) is 0 Å². The fourth-order valence-corrected chi connectivity index (χ4v) is 3.56. The van der Waals surface area contributed by atoms with Crippen molar-refractivity contribution in [3.8, 4) is 0 Å². The Balaban J connectivity index is 1.68. The van der Waals surface area contributed by atoms with Crippen LogP contribution in [0.1, 0.15) is 40.9 Å². The molecular weight excluding hydrogens is 292 g/mol. The summed E-state index contributed by atoms with van der Waals surface area (Å²) in [6.45, 7) is 1.41. The number of carbonyl (C=O) groups is 2. The lowest BCUT2D eigenvalue weighted by molar-refractivity contribution is -0.139. The second-order valence-electron chi connectivity index (χ2n) is 6.47. The molecule has 2 heterocycles. The Hall–Kier alpha value is -2.30. The monoisotopic (exact) mass is 312 g/mol. The minimum atomic E-state index is -0.333. The van der Waals surface area contributed by atoms with Crippen LogP contribution in [0.5, 0.6) is 0 Å². The summed E-state index contributed by atoms with van der Waals surface area (Å²) in [7, 11) is 1.39. The minimum absolute atomic E-state index is 0.229. The number of aromatic amines is 1. The molecule has 5 heteroatoms. The van der Waals surface area contributed by atoms with Gasteiger partial charge < -0.3 is 14.6 Å². The number of ether oxygens (including phenoxy) is 1.